The van der Waals surface area contributed by atoms with E-state index in [2.05, 4.69) is 10.6 Å². The van der Waals surface area contributed by atoms with Crippen molar-refractivity contribution in [2.24, 2.45) is 11.1 Å². The van der Waals surface area contributed by atoms with E-state index in [-0.39, 0.29) is 16.8 Å². The Morgan fingerprint density at radius 2 is 1.63 bits per heavy atom. The molecule has 4 N–H and O–H groups in total. The van der Waals surface area contributed by atoms with Gasteiger partial charge in [0.25, 0.3) is 0 Å². The third kappa shape index (κ3) is 2.90. The minimum absolute atomic E-state index is 0.137. The highest BCUT2D eigenvalue weighted by atomic mass is 32.1. The lowest BCUT2D eigenvalue weighted by Crippen LogP contribution is -2.34. The largest absolute Gasteiger partial charge is 0.392 e. The van der Waals surface area contributed by atoms with Crippen molar-refractivity contribution in [2.75, 3.05) is 10.6 Å². The SMILES string of the molecule is CC(=O)Nc1ccc(NC(=O)C2(C(N)=S)CC2)cc1. The number of thiocarbonyl (C=S) groups is 1. The van der Waals surface area contributed by atoms with Gasteiger partial charge in [-0.1, -0.05) is 12.2 Å². The molecule has 1 fully saturated rings. The number of amides is 2. The first-order valence-corrected chi connectivity index (χ1v) is 6.34. The van der Waals surface area contributed by atoms with Gasteiger partial charge in [-0.15, -0.1) is 0 Å². The number of rotatable bonds is 4. The molecule has 1 aromatic carbocycles. The maximum Gasteiger partial charge on any atom is 0.237 e. The van der Waals surface area contributed by atoms with Crippen LogP contribution in [0.3, 0.4) is 0 Å². The molecule has 1 saturated carbocycles. The Hall–Kier alpha value is -1.95. The van der Waals surface area contributed by atoms with Gasteiger partial charge >= 0.3 is 0 Å². The van der Waals surface area contributed by atoms with Crippen molar-refractivity contribution in [3.05, 3.63) is 24.3 Å². The third-order valence-corrected chi connectivity index (χ3v) is 3.51. The van der Waals surface area contributed by atoms with Gasteiger partial charge in [-0.05, 0) is 37.1 Å². The van der Waals surface area contributed by atoms with Crippen LogP contribution in [-0.4, -0.2) is 16.8 Å². The average molecular weight is 277 g/mol. The number of hydrogen-bond acceptors (Lipinski definition) is 3. The van der Waals surface area contributed by atoms with Crippen LogP contribution in [-0.2, 0) is 9.59 Å². The second-order valence-corrected chi connectivity index (χ2v) is 5.10. The average Bonchev–Trinajstić information content (AvgIpc) is 3.12. The summed E-state index contributed by atoms with van der Waals surface area (Å²) in [6.07, 6.45) is 1.41. The summed E-state index contributed by atoms with van der Waals surface area (Å²) >= 11 is 4.92. The molecule has 0 unspecified atom stereocenters. The standard InChI is InChI=1S/C13H15N3O2S/c1-8(17)15-9-2-4-10(5-3-9)16-12(18)13(6-7-13)11(14)19/h2-5H,6-7H2,1H3,(H2,14,19)(H,15,17)(H,16,18). The molecule has 19 heavy (non-hydrogen) atoms. The van der Waals surface area contributed by atoms with Crippen molar-refractivity contribution < 1.29 is 9.59 Å². The molecular weight excluding hydrogens is 262 g/mol. The van der Waals surface area contributed by atoms with Crippen LogP contribution in [0.1, 0.15) is 19.8 Å². The van der Waals surface area contributed by atoms with E-state index >= 15 is 0 Å². The Bertz CT molecular complexity index is 535. The third-order valence-electron chi connectivity index (χ3n) is 3.12. The summed E-state index contributed by atoms with van der Waals surface area (Å²) in [6.45, 7) is 1.44. The fraction of sp³-hybridized carbons (Fsp3) is 0.308. The van der Waals surface area contributed by atoms with E-state index in [0.29, 0.717) is 24.2 Å². The summed E-state index contributed by atoms with van der Waals surface area (Å²) in [5, 5.41) is 5.44. The lowest BCUT2D eigenvalue weighted by Gasteiger charge is -2.13. The van der Waals surface area contributed by atoms with Gasteiger partial charge in [0, 0.05) is 18.3 Å². The maximum absolute atomic E-state index is 12.1. The molecule has 1 aliphatic rings. The van der Waals surface area contributed by atoms with E-state index in [1.165, 1.54) is 6.92 Å². The van der Waals surface area contributed by atoms with Gasteiger partial charge < -0.3 is 16.4 Å². The Morgan fingerprint density at radius 3 is 2.00 bits per heavy atom. The molecule has 0 aromatic heterocycles. The van der Waals surface area contributed by atoms with Crippen molar-refractivity contribution in [1.29, 1.82) is 0 Å². The van der Waals surface area contributed by atoms with Crippen molar-refractivity contribution >= 4 is 40.4 Å². The zero-order chi connectivity index (χ0) is 14.0. The fourth-order valence-electron chi connectivity index (χ4n) is 1.80. The van der Waals surface area contributed by atoms with Gasteiger partial charge in [-0.2, -0.15) is 0 Å². The molecule has 0 atom stereocenters. The highest BCUT2D eigenvalue weighted by Gasteiger charge is 2.52. The minimum atomic E-state index is -0.661. The molecule has 6 heteroatoms. The number of benzene rings is 1. The second kappa shape index (κ2) is 4.97. The second-order valence-electron chi connectivity index (χ2n) is 4.66. The number of nitrogens with one attached hydrogen (secondary N) is 2. The van der Waals surface area contributed by atoms with Crippen LogP contribution in [0, 0.1) is 5.41 Å². The number of carbonyl (C=O) groups excluding carboxylic acids is 2. The van der Waals surface area contributed by atoms with Crippen LogP contribution in [0.4, 0.5) is 11.4 Å². The molecule has 5 nitrogen and oxygen atoms in total. The predicted molar refractivity (Wildman–Crippen MR) is 77.8 cm³/mol. The number of nitrogens with two attached hydrogens (primary N) is 1. The van der Waals surface area contributed by atoms with E-state index < -0.39 is 5.41 Å². The molecule has 100 valence electrons. The van der Waals surface area contributed by atoms with E-state index in [1.54, 1.807) is 24.3 Å². The molecule has 1 aliphatic carbocycles. The molecule has 2 amide bonds. The smallest absolute Gasteiger partial charge is 0.237 e. The van der Waals surface area contributed by atoms with Crippen LogP contribution in [0.15, 0.2) is 24.3 Å². The van der Waals surface area contributed by atoms with E-state index in [1.807, 2.05) is 0 Å². The summed E-state index contributed by atoms with van der Waals surface area (Å²) in [7, 11) is 0. The van der Waals surface area contributed by atoms with Crippen LogP contribution in [0.2, 0.25) is 0 Å². The summed E-state index contributed by atoms with van der Waals surface area (Å²) in [4.78, 5) is 23.2. The molecule has 0 aliphatic heterocycles. The summed E-state index contributed by atoms with van der Waals surface area (Å²) in [5.74, 6) is -0.297. The molecular formula is C13H15N3O2S. The maximum atomic E-state index is 12.1. The Kier molecular flexibility index (Phi) is 3.53. The summed E-state index contributed by atoms with van der Waals surface area (Å²) in [6, 6.07) is 6.88. The van der Waals surface area contributed by atoms with Crippen molar-refractivity contribution in [2.45, 2.75) is 19.8 Å². The van der Waals surface area contributed by atoms with Gasteiger partial charge in [0.2, 0.25) is 11.8 Å². The van der Waals surface area contributed by atoms with E-state index in [9.17, 15) is 9.59 Å². The Labute approximate surface area is 116 Å². The lowest BCUT2D eigenvalue weighted by atomic mass is 10.1. The molecule has 2 rings (SSSR count). The monoisotopic (exact) mass is 277 g/mol. The molecule has 0 heterocycles. The van der Waals surface area contributed by atoms with E-state index in [4.69, 9.17) is 18.0 Å². The number of hydrogen-bond donors (Lipinski definition) is 3. The molecule has 0 spiro atoms. The molecule has 1 aromatic rings. The first kappa shape index (κ1) is 13.5. The molecule has 0 bridgehead atoms. The predicted octanol–water partition coefficient (Wildman–Crippen LogP) is 1.65. The van der Waals surface area contributed by atoms with Gasteiger partial charge in [0.05, 0.1) is 10.4 Å². The fourth-order valence-corrected chi connectivity index (χ4v) is 2.10. The van der Waals surface area contributed by atoms with Crippen LogP contribution in [0.5, 0.6) is 0 Å². The van der Waals surface area contributed by atoms with Crippen molar-refractivity contribution in [1.82, 2.24) is 0 Å². The Balaban J connectivity index is 2.02. The van der Waals surface area contributed by atoms with E-state index in [0.717, 1.165) is 0 Å². The van der Waals surface area contributed by atoms with Crippen LogP contribution in [0.25, 0.3) is 0 Å². The molecule has 0 radical (unpaired) electrons. The summed E-state index contributed by atoms with van der Waals surface area (Å²) < 4.78 is 0. The first-order valence-electron chi connectivity index (χ1n) is 5.93. The number of anilines is 2. The van der Waals surface area contributed by atoms with Crippen molar-refractivity contribution in [3.8, 4) is 0 Å². The van der Waals surface area contributed by atoms with Gasteiger partial charge in [0.1, 0.15) is 0 Å². The number of carbonyl (C=O) groups is 2. The highest BCUT2D eigenvalue weighted by Crippen LogP contribution is 2.46. The van der Waals surface area contributed by atoms with Crippen LogP contribution < -0.4 is 16.4 Å². The highest BCUT2D eigenvalue weighted by molar-refractivity contribution is 7.80. The van der Waals surface area contributed by atoms with Gasteiger partial charge in [-0.3, -0.25) is 9.59 Å². The Morgan fingerprint density at radius 1 is 1.16 bits per heavy atom. The zero-order valence-electron chi connectivity index (χ0n) is 10.5. The molecule has 0 saturated heterocycles. The summed E-state index contributed by atoms with van der Waals surface area (Å²) in [5.41, 5.74) is 6.26. The quantitative estimate of drug-likeness (QED) is 0.731. The van der Waals surface area contributed by atoms with Crippen molar-refractivity contribution in [3.63, 3.8) is 0 Å². The first-order chi connectivity index (χ1) is 8.94. The van der Waals surface area contributed by atoms with Gasteiger partial charge in [-0.25, -0.2) is 0 Å². The topological polar surface area (TPSA) is 84.2 Å². The zero-order valence-corrected chi connectivity index (χ0v) is 11.3. The van der Waals surface area contributed by atoms with Gasteiger partial charge in [0.15, 0.2) is 0 Å². The minimum Gasteiger partial charge on any atom is -0.392 e. The van der Waals surface area contributed by atoms with Crippen LogP contribution >= 0.6 is 12.2 Å². The normalized spacial score (nSPS) is 15.4. The lowest BCUT2D eigenvalue weighted by molar-refractivity contribution is -0.119.